The minimum atomic E-state index is -1.05. The van der Waals surface area contributed by atoms with Crippen LogP contribution in [0.2, 0.25) is 0 Å². The fourth-order valence-corrected chi connectivity index (χ4v) is 3.32. The molecule has 0 unspecified atom stereocenters. The Labute approximate surface area is 138 Å². The molecule has 0 aliphatic carbocycles. The lowest BCUT2D eigenvalue weighted by Gasteiger charge is -2.32. The molecule has 1 aromatic carbocycles. The molecule has 128 valence electrons. The quantitative estimate of drug-likeness (QED) is 0.778. The lowest BCUT2D eigenvalue weighted by molar-refractivity contribution is -0.144. The molecule has 0 amide bonds. The molecule has 3 N–H and O–H groups in total. The van der Waals surface area contributed by atoms with Gasteiger partial charge < -0.3 is 10.2 Å². The fourth-order valence-electron chi connectivity index (χ4n) is 3.32. The average Bonchev–Trinajstić information content (AvgIpc) is 2.86. The first kappa shape index (κ1) is 17.8. The number of benzene rings is 1. The van der Waals surface area contributed by atoms with Crippen molar-refractivity contribution in [1.29, 1.82) is 0 Å². The molecule has 1 aromatic rings. The Morgan fingerprint density at radius 2 is 1.57 bits per heavy atom. The molecule has 23 heavy (non-hydrogen) atoms. The Hall–Kier alpha value is -1.55. The first-order valence-electron chi connectivity index (χ1n) is 8.26. The van der Waals surface area contributed by atoms with Gasteiger partial charge in [0.2, 0.25) is 0 Å². The van der Waals surface area contributed by atoms with Crippen LogP contribution in [-0.4, -0.2) is 22.7 Å². The molecule has 4 nitrogen and oxygen atoms in total. The third-order valence-electron chi connectivity index (χ3n) is 4.74. The zero-order valence-electron chi connectivity index (χ0n) is 15.1. The second-order valence-corrected chi connectivity index (χ2v) is 8.66. The molecular formula is C19H29NO3. The molecule has 2 rings (SSSR count). The number of hydrogen-bond acceptors (Lipinski definition) is 3. The second-order valence-electron chi connectivity index (χ2n) is 8.66. The number of aliphatic carboxylic acids is 1. The maximum Gasteiger partial charge on any atom is 0.328 e. The highest BCUT2D eigenvalue weighted by Gasteiger charge is 2.44. The zero-order chi connectivity index (χ0) is 17.6. The number of phenols is 1. The number of rotatable bonds is 2. The van der Waals surface area contributed by atoms with Gasteiger partial charge in [0.1, 0.15) is 11.3 Å². The van der Waals surface area contributed by atoms with Crippen LogP contribution in [-0.2, 0) is 21.2 Å². The highest BCUT2D eigenvalue weighted by molar-refractivity contribution is 5.81. The summed E-state index contributed by atoms with van der Waals surface area (Å²) in [6.07, 6.45) is 1.41. The Bertz CT molecular complexity index is 579. The van der Waals surface area contributed by atoms with Crippen LogP contribution in [0, 0.1) is 0 Å². The molecular weight excluding hydrogens is 290 g/mol. The number of carboxylic acids is 1. The van der Waals surface area contributed by atoms with Crippen molar-refractivity contribution >= 4 is 5.97 Å². The van der Waals surface area contributed by atoms with Gasteiger partial charge in [-0.15, -0.1) is 0 Å². The number of phenolic OH excluding ortho intramolecular Hbond substituents is 1. The van der Waals surface area contributed by atoms with Gasteiger partial charge in [0.15, 0.2) is 0 Å². The summed E-state index contributed by atoms with van der Waals surface area (Å²) in [5.74, 6) is -0.562. The topological polar surface area (TPSA) is 69.6 Å². The standard InChI is InChI=1S/C19H29NO3/c1-17(2,3)13-10-12(11-14(15(13)21)18(4,5)6)19(16(22)23)8-7-9-20-19/h10-11,20-21H,7-9H2,1-6H3,(H,22,23)/t19-/m1/s1. The van der Waals surface area contributed by atoms with E-state index in [0.717, 1.165) is 23.1 Å². The maximum absolute atomic E-state index is 12.0. The predicted octanol–water partition coefficient (Wildman–Crippen LogP) is 3.65. The largest absolute Gasteiger partial charge is 0.507 e. The van der Waals surface area contributed by atoms with Crippen LogP contribution in [0.15, 0.2) is 12.1 Å². The van der Waals surface area contributed by atoms with Gasteiger partial charge in [-0.25, -0.2) is 4.79 Å². The molecule has 0 radical (unpaired) electrons. The summed E-state index contributed by atoms with van der Waals surface area (Å²) in [7, 11) is 0. The number of nitrogens with one attached hydrogen (secondary N) is 1. The molecule has 0 saturated carbocycles. The summed E-state index contributed by atoms with van der Waals surface area (Å²) >= 11 is 0. The van der Waals surface area contributed by atoms with E-state index in [1.807, 2.05) is 53.7 Å². The van der Waals surface area contributed by atoms with Crippen LogP contribution in [0.25, 0.3) is 0 Å². The lowest BCUT2D eigenvalue weighted by atomic mass is 9.75. The van der Waals surface area contributed by atoms with Crippen molar-refractivity contribution in [2.24, 2.45) is 0 Å². The van der Waals surface area contributed by atoms with Crippen LogP contribution < -0.4 is 5.32 Å². The van der Waals surface area contributed by atoms with Crippen molar-refractivity contribution in [3.8, 4) is 5.75 Å². The van der Waals surface area contributed by atoms with Crippen LogP contribution in [0.4, 0.5) is 0 Å². The highest BCUT2D eigenvalue weighted by atomic mass is 16.4. The molecule has 0 bridgehead atoms. The molecule has 1 aliphatic rings. The smallest absolute Gasteiger partial charge is 0.328 e. The van der Waals surface area contributed by atoms with E-state index in [0.29, 0.717) is 13.0 Å². The van der Waals surface area contributed by atoms with E-state index in [9.17, 15) is 15.0 Å². The molecule has 0 aromatic heterocycles. The van der Waals surface area contributed by atoms with Crippen molar-refractivity contribution in [2.75, 3.05) is 6.54 Å². The van der Waals surface area contributed by atoms with E-state index in [1.165, 1.54) is 0 Å². The van der Waals surface area contributed by atoms with E-state index in [-0.39, 0.29) is 16.6 Å². The third kappa shape index (κ3) is 3.09. The third-order valence-corrected chi connectivity index (χ3v) is 4.74. The molecule has 1 atom stereocenters. The fraction of sp³-hybridized carbons (Fsp3) is 0.632. The number of carboxylic acid groups (broad SMARTS) is 1. The van der Waals surface area contributed by atoms with Gasteiger partial charge in [0.25, 0.3) is 0 Å². The first-order valence-corrected chi connectivity index (χ1v) is 8.26. The SMILES string of the molecule is CC(C)(C)c1cc([C@@]2(C(=O)O)CCCN2)cc(C(C)(C)C)c1O. The van der Waals surface area contributed by atoms with Gasteiger partial charge in [-0.1, -0.05) is 41.5 Å². The summed E-state index contributed by atoms with van der Waals surface area (Å²) in [5, 5.41) is 23.8. The van der Waals surface area contributed by atoms with Crippen LogP contribution >= 0.6 is 0 Å². The lowest BCUT2D eigenvalue weighted by Crippen LogP contribution is -2.45. The normalized spacial score (nSPS) is 22.3. The van der Waals surface area contributed by atoms with Crippen molar-refractivity contribution in [1.82, 2.24) is 5.32 Å². The molecule has 0 spiro atoms. The van der Waals surface area contributed by atoms with Gasteiger partial charge in [0, 0.05) is 0 Å². The summed E-state index contributed by atoms with van der Waals surface area (Å²) in [5.41, 5.74) is 0.767. The van der Waals surface area contributed by atoms with E-state index in [2.05, 4.69) is 5.32 Å². The van der Waals surface area contributed by atoms with Crippen molar-refractivity contribution in [3.63, 3.8) is 0 Å². The summed E-state index contributed by atoms with van der Waals surface area (Å²) < 4.78 is 0. The Morgan fingerprint density at radius 1 is 1.09 bits per heavy atom. The first-order chi connectivity index (χ1) is 10.4. The van der Waals surface area contributed by atoms with Gasteiger partial charge in [-0.2, -0.15) is 0 Å². The molecule has 1 heterocycles. The Balaban J connectivity index is 2.77. The van der Waals surface area contributed by atoms with E-state index in [4.69, 9.17) is 0 Å². The highest BCUT2D eigenvalue weighted by Crippen LogP contribution is 2.43. The summed E-state index contributed by atoms with van der Waals surface area (Å²) in [4.78, 5) is 12.0. The van der Waals surface area contributed by atoms with E-state index in [1.54, 1.807) is 0 Å². The van der Waals surface area contributed by atoms with Crippen LogP contribution in [0.3, 0.4) is 0 Å². The van der Waals surface area contributed by atoms with Gasteiger partial charge in [0.05, 0.1) is 0 Å². The summed E-state index contributed by atoms with van der Waals surface area (Å²) in [6.45, 7) is 12.9. The number of carbonyl (C=O) groups is 1. The molecule has 4 heteroatoms. The predicted molar refractivity (Wildman–Crippen MR) is 92.1 cm³/mol. The molecule has 1 saturated heterocycles. The monoisotopic (exact) mass is 319 g/mol. The number of aromatic hydroxyl groups is 1. The van der Waals surface area contributed by atoms with Gasteiger partial charge in [-0.3, -0.25) is 5.32 Å². The minimum absolute atomic E-state index is 0.265. The summed E-state index contributed by atoms with van der Waals surface area (Å²) in [6, 6.07) is 3.74. The Kier molecular flexibility index (Phi) is 4.27. The molecule has 1 fully saturated rings. The van der Waals surface area contributed by atoms with E-state index >= 15 is 0 Å². The van der Waals surface area contributed by atoms with Crippen molar-refractivity contribution < 1.29 is 15.0 Å². The van der Waals surface area contributed by atoms with Gasteiger partial charge in [-0.05, 0) is 59.0 Å². The average molecular weight is 319 g/mol. The van der Waals surface area contributed by atoms with E-state index < -0.39 is 11.5 Å². The molecule has 1 aliphatic heterocycles. The van der Waals surface area contributed by atoms with Crippen LogP contribution in [0.1, 0.15) is 71.1 Å². The Morgan fingerprint density at radius 3 is 1.87 bits per heavy atom. The minimum Gasteiger partial charge on any atom is -0.507 e. The van der Waals surface area contributed by atoms with Crippen molar-refractivity contribution in [3.05, 3.63) is 28.8 Å². The van der Waals surface area contributed by atoms with Crippen molar-refractivity contribution in [2.45, 2.75) is 70.8 Å². The van der Waals surface area contributed by atoms with Crippen LogP contribution in [0.5, 0.6) is 5.75 Å². The second kappa shape index (κ2) is 5.52. The zero-order valence-corrected chi connectivity index (χ0v) is 15.1. The van der Waals surface area contributed by atoms with Gasteiger partial charge >= 0.3 is 5.97 Å². The number of hydrogen-bond donors (Lipinski definition) is 3. The maximum atomic E-state index is 12.0.